The molecule has 0 saturated carbocycles. The number of halogens is 1. The first-order valence-corrected chi connectivity index (χ1v) is 8.26. The molecule has 7 heteroatoms. The summed E-state index contributed by atoms with van der Waals surface area (Å²) in [6, 6.07) is 11.4. The largest absolute Gasteiger partial charge is 0.422 e. The van der Waals surface area contributed by atoms with E-state index in [4.69, 9.17) is 16.0 Å². The molecule has 0 spiro atoms. The number of oxazole rings is 1. The van der Waals surface area contributed by atoms with Crippen LogP contribution in [0.3, 0.4) is 0 Å². The molecular formula is C17H17ClN4O2. The Morgan fingerprint density at radius 1 is 1.08 bits per heavy atom. The minimum Gasteiger partial charge on any atom is -0.406 e. The van der Waals surface area contributed by atoms with Crippen LogP contribution in [-0.4, -0.2) is 40.6 Å². The van der Waals surface area contributed by atoms with Crippen molar-refractivity contribution in [1.29, 1.82) is 0 Å². The summed E-state index contributed by atoms with van der Waals surface area (Å²) >= 11 is 6.27. The van der Waals surface area contributed by atoms with Crippen LogP contribution in [0.2, 0.25) is 5.02 Å². The molecule has 1 aliphatic heterocycles. The first-order valence-electron chi connectivity index (χ1n) is 7.88. The quantitative estimate of drug-likeness (QED) is 0.730. The first kappa shape index (κ1) is 15.2. The highest BCUT2D eigenvalue weighted by Crippen LogP contribution is 2.26. The molecule has 1 fully saturated rings. The van der Waals surface area contributed by atoms with Crippen molar-refractivity contribution in [2.75, 3.05) is 31.1 Å². The SMILES string of the molecule is O=c1oc2cccnc2n1CN1CCN(c2ccccc2Cl)CC1. The molecule has 0 N–H and O–H groups in total. The lowest BCUT2D eigenvalue weighted by atomic mass is 10.2. The Bertz CT molecular complexity index is 912. The number of nitrogens with zero attached hydrogens (tertiary/aromatic N) is 4. The van der Waals surface area contributed by atoms with Crippen molar-refractivity contribution >= 4 is 28.5 Å². The van der Waals surface area contributed by atoms with E-state index in [1.165, 1.54) is 0 Å². The standard InChI is InChI=1S/C17H17ClN4O2/c18-13-4-1-2-5-14(13)21-10-8-20(9-11-21)12-22-16-15(24-17(22)23)6-3-7-19-16/h1-7H,8-12H2. The molecule has 3 aromatic rings. The Morgan fingerprint density at radius 3 is 2.67 bits per heavy atom. The third kappa shape index (κ3) is 2.79. The highest BCUT2D eigenvalue weighted by Gasteiger charge is 2.20. The van der Waals surface area contributed by atoms with Gasteiger partial charge in [0.05, 0.1) is 17.4 Å². The summed E-state index contributed by atoms with van der Waals surface area (Å²) in [7, 11) is 0. The zero-order chi connectivity index (χ0) is 16.5. The molecule has 1 aliphatic rings. The Hall–Kier alpha value is -2.31. The van der Waals surface area contributed by atoms with Crippen molar-refractivity contribution in [3.05, 3.63) is 58.2 Å². The van der Waals surface area contributed by atoms with E-state index in [1.807, 2.05) is 24.3 Å². The van der Waals surface area contributed by atoms with E-state index in [-0.39, 0.29) is 5.76 Å². The molecule has 124 valence electrons. The molecule has 0 amide bonds. The summed E-state index contributed by atoms with van der Waals surface area (Å²) in [5.74, 6) is -0.364. The minimum atomic E-state index is -0.364. The van der Waals surface area contributed by atoms with Gasteiger partial charge in [-0.3, -0.25) is 4.90 Å². The summed E-state index contributed by atoms with van der Waals surface area (Å²) in [5, 5.41) is 0.771. The van der Waals surface area contributed by atoms with Crippen molar-refractivity contribution in [2.24, 2.45) is 0 Å². The third-order valence-corrected chi connectivity index (χ3v) is 4.65. The second kappa shape index (κ2) is 6.30. The van der Waals surface area contributed by atoms with Crippen LogP contribution in [-0.2, 0) is 6.67 Å². The maximum atomic E-state index is 12.0. The van der Waals surface area contributed by atoms with E-state index < -0.39 is 0 Å². The minimum absolute atomic E-state index is 0.364. The summed E-state index contributed by atoms with van der Waals surface area (Å²) < 4.78 is 6.82. The van der Waals surface area contributed by atoms with E-state index in [1.54, 1.807) is 22.9 Å². The average molecular weight is 345 g/mol. The van der Waals surface area contributed by atoms with Crippen molar-refractivity contribution in [3.63, 3.8) is 0 Å². The number of rotatable bonds is 3. The zero-order valence-corrected chi connectivity index (χ0v) is 13.8. The van der Waals surface area contributed by atoms with Gasteiger partial charge in [0.1, 0.15) is 0 Å². The zero-order valence-electron chi connectivity index (χ0n) is 13.1. The number of piperazine rings is 1. The molecule has 0 bridgehead atoms. The molecule has 1 aromatic carbocycles. The maximum Gasteiger partial charge on any atom is 0.422 e. The summed E-state index contributed by atoms with van der Waals surface area (Å²) in [6.45, 7) is 3.90. The second-order valence-electron chi connectivity index (χ2n) is 5.82. The van der Waals surface area contributed by atoms with Gasteiger partial charge in [0.2, 0.25) is 0 Å². The van der Waals surface area contributed by atoms with E-state index in [0.29, 0.717) is 17.9 Å². The first-order chi connectivity index (χ1) is 11.7. The number of benzene rings is 1. The van der Waals surface area contributed by atoms with Crippen LogP contribution < -0.4 is 10.7 Å². The Labute approximate surface area is 143 Å². The van der Waals surface area contributed by atoms with Crippen molar-refractivity contribution in [1.82, 2.24) is 14.5 Å². The number of pyridine rings is 1. The average Bonchev–Trinajstić information content (AvgIpc) is 2.92. The summed E-state index contributed by atoms with van der Waals surface area (Å²) in [5.41, 5.74) is 2.18. The lowest BCUT2D eigenvalue weighted by molar-refractivity contribution is 0.201. The monoisotopic (exact) mass is 344 g/mol. The van der Waals surface area contributed by atoms with Crippen molar-refractivity contribution in [2.45, 2.75) is 6.67 Å². The Kier molecular flexibility index (Phi) is 4.00. The van der Waals surface area contributed by atoms with Crippen LogP contribution in [0.5, 0.6) is 0 Å². The molecule has 2 aromatic heterocycles. The highest BCUT2D eigenvalue weighted by molar-refractivity contribution is 6.33. The van der Waals surface area contributed by atoms with Crippen LogP contribution in [0.4, 0.5) is 5.69 Å². The molecule has 0 atom stereocenters. The Balaban J connectivity index is 1.48. The fourth-order valence-corrected chi connectivity index (χ4v) is 3.32. The number of fused-ring (bicyclic) bond motifs is 1. The topological polar surface area (TPSA) is 54.5 Å². The number of hydrogen-bond donors (Lipinski definition) is 0. The molecule has 24 heavy (non-hydrogen) atoms. The van der Waals surface area contributed by atoms with Gasteiger partial charge in [-0.25, -0.2) is 14.3 Å². The molecule has 0 radical (unpaired) electrons. The molecule has 6 nitrogen and oxygen atoms in total. The molecule has 1 saturated heterocycles. The molecule has 3 heterocycles. The van der Waals surface area contributed by atoms with Gasteiger partial charge in [-0.1, -0.05) is 23.7 Å². The van der Waals surface area contributed by atoms with Gasteiger partial charge in [-0.15, -0.1) is 0 Å². The fraction of sp³-hybridized carbons (Fsp3) is 0.294. The summed E-state index contributed by atoms with van der Waals surface area (Å²) in [6.07, 6.45) is 1.67. The van der Waals surface area contributed by atoms with Gasteiger partial charge < -0.3 is 9.32 Å². The third-order valence-electron chi connectivity index (χ3n) is 4.33. The fourth-order valence-electron chi connectivity index (χ4n) is 3.06. The predicted octanol–water partition coefficient (Wildman–Crippen LogP) is 2.42. The second-order valence-corrected chi connectivity index (χ2v) is 6.23. The summed E-state index contributed by atoms with van der Waals surface area (Å²) in [4.78, 5) is 20.8. The van der Waals surface area contributed by atoms with Crippen molar-refractivity contribution < 1.29 is 4.42 Å². The molecule has 0 unspecified atom stereocenters. The van der Waals surface area contributed by atoms with Gasteiger partial charge in [0.15, 0.2) is 11.2 Å². The van der Waals surface area contributed by atoms with Crippen LogP contribution in [0.25, 0.3) is 11.2 Å². The van der Waals surface area contributed by atoms with Gasteiger partial charge >= 0.3 is 5.76 Å². The van der Waals surface area contributed by atoms with E-state index >= 15 is 0 Å². The van der Waals surface area contributed by atoms with Gasteiger partial charge in [-0.2, -0.15) is 0 Å². The predicted molar refractivity (Wildman–Crippen MR) is 93.5 cm³/mol. The lowest BCUT2D eigenvalue weighted by Gasteiger charge is -2.36. The maximum absolute atomic E-state index is 12.0. The van der Waals surface area contributed by atoms with Crippen LogP contribution in [0, 0.1) is 0 Å². The number of hydrogen-bond acceptors (Lipinski definition) is 5. The van der Waals surface area contributed by atoms with Gasteiger partial charge in [-0.05, 0) is 24.3 Å². The van der Waals surface area contributed by atoms with Crippen LogP contribution in [0.15, 0.2) is 51.8 Å². The van der Waals surface area contributed by atoms with Crippen LogP contribution >= 0.6 is 11.6 Å². The van der Waals surface area contributed by atoms with Crippen LogP contribution in [0.1, 0.15) is 0 Å². The van der Waals surface area contributed by atoms with Gasteiger partial charge in [0, 0.05) is 32.4 Å². The van der Waals surface area contributed by atoms with Gasteiger partial charge in [0.25, 0.3) is 0 Å². The molecule has 0 aliphatic carbocycles. The molecular weight excluding hydrogens is 328 g/mol. The Morgan fingerprint density at radius 2 is 1.88 bits per heavy atom. The normalized spacial score (nSPS) is 16.0. The number of para-hydroxylation sites is 1. The van der Waals surface area contributed by atoms with E-state index in [9.17, 15) is 4.79 Å². The number of aromatic nitrogens is 2. The van der Waals surface area contributed by atoms with E-state index in [2.05, 4.69) is 14.8 Å². The highest BCUT2D eigenvalue weighted by atomic mass is 35.5. The lowest BCUT2D eigenvalue weighted by Crippen LogP contribution is -2.47. The van der Waals surface area contributed by atoms with Crippen molar-refractivity contribution in [3.8, 4) is 0 Å². The molecule has 4 rings (SSSR count). The smallest absolute Gasteiger partial charge is 0.406 e. The number of anilines is 1. The van der Waals surface area contributed by atoms with E-state index in [0.717, 1.165) is 36.9 Å².